The number of rotatable bonds is 7. The molecule has 2 aromatic rings. The molecule has 0 spiro atoms. The van der Waals surface area contributed by atoms with Gasteiger partial charge in [-0.3, -0.25) is 9.59 Å². The van der Waals surface area contributed by atoms with E-state index < -0.39 is 48.4 Å². The summed E-state index contributed by atoms with van der Waals surface area (Å²) in [6, 6.07) is 16.6. The first-order chi connectivity index (χ1) is 17.8. The summed E-state index contributed by atoms with van der Waals surface area (Å²) in [5, 5.41) is 31.8. The summed E-state index contributed by atoms with van der Waals surface area (Å²) in [6.07, 6.45) is 0.811. The van der Waals surface area contributed by atoms with Gasteiger partial charge in [0.2, 0.25) is 11.8 Å². The van der Waals surface area contributed by atoms with E-state index in [1.807, 2.05) is 42.5 Å². The van der Waals surface area contributed by atoms with Crippen LogP contribution in [0.5, 0.6) is 5.75 Å². The number of nitrogens with zero attached hydrogens (tertiary/aromatic N) is 1. The molecule has 3 amide bonds. The Morgan fingerprint density at radius 3 is 2.43 bits per heavy atom. The number of carbonyl (C=O) groups excluding carboxylic acids is 3. The number of phenols is 1. The van der Waals surface area contributed by atoms with Crippen LogP contribution in [0.3, 0.4) is 0 Å². The first-order valence-corrected chi connectivity index (χ1v) is 12.3. The van der Waals surface area contributed by atoms with E-state index in [-0.39, 0.29) is 18.6 Å². The van der Waals surface area contributed by atoms with Crippen molar-refractivity contribution in [1.29, 1.82) is 0 Å². The lowest BCUT2D eigenvalue weighted by atomic mass is 9.68. The highest BCUT2D eigenvalue weighted by Crippen LogP contribution is 2.46. The number of allylic oxidation sites excluding steroid dienone is 2. The van der Waals surface area contributed by atoms with Gasteiger partial charge >= 0.3 is 6.09 Å². The Bertz CT molecular complexity index is 1250. The molecule has 1 fully saturated rings. The molecule has 194 valence electrons. The molecule has 4 atom stereocenters. The summed E-state index contributed by atoms with van der Waals surface area (Å²) in [5.41, 5.74) is 3.75. The average Bonchev–Trinajstić information content (AvgIpc) is 3.15. The molecule has 2 aliphatic rings. The number of para-hydroxylation sites is 1. The number of phenolic OH excluding ortho intramolecular Hbond substituents is 1. The van der Waals surface area contributed by atoms with E-state index in [9.17, 15) is 29.7 Å². The minimum atomic E-state index is -1.04. The van der Waals surface area contributed by atoms with Crippen molar-refractivity contribution in [3.63, 3.8) is 0 Å². The van der Waals surface area contributed by atoms with Crippen molar-refractivity contribution in [3.05, 3.63) is 76.9 Å². The molecule has 1 aliphatic heterocycles. The van der Waals surface area contributed by atoms with E-state index >= 15 is 0 Å². The molecular weight excluding hydrogens is 474 g/mol. The molecule has 0 aromatic heterocycles. The van der Waals surface area contributed by atoms with Crippen molar-refractivity contribution >= 4 is 29.6 Å². The molecule has 1 heterocycles. The predicted octanol–water partition coefficient (Wildman–Crippen LogP) is 3.77. The molecule has 0 saturated carbocycles. The molecule has 0 bridgehead atoms. The Morgan fingerprint density at radius 1 is 1.11 bits per heavy atom. The van der Waals surface area contributed by atoms with E-state index in [0.717, 1.165) is 23.8 Å². The second kappa shape index (κ2) is 11.1. The van der Waals surface area contributed by atoms with E-state index in [1.165, 1.54) is 0 Å². The molecule has 4 rings (SSSR count). The van der Waals surface area contributed by atoms with Gasteiger partial charge in [-0.05, 0) is 55.0 Å². The fourth-order valence-corrected chi connectivity index (χ4v) is 5.59. The van der Waals surface area contributed by atoms with Gasteiger partial charge in [0.1, 0.15) is 5.75 Å². The highest BCUT2D eigenvalue weighted by atomic mass is 16.5. The fraction of sp³-hybridized carbons (Fsp3) is 0.345. The molecule has 3 N–H and O–H groups in total. The van der Waals surface area contributed by atoms with Gasteiger partial charge in [0.15, 0.2) is 0 Å². The lowest BCUT2D eigenvalue weighted by molar-refractivity contribution is -0.137. The predicted molar refractivity (Wildman–Crippen MR) is 137 cm³/mol. The van der Waals surface area contributed by atoms with Crippen LogP contribution in [0.1, 0.15) is 37.3 Å². The first kappa shape index (κ1) is 26.3. The van der Waals surface area contributed by atoms with E-state index in [2.05, 4.69) is 4.74 Å². The number of hydrogen-bond donors (Lipinski definition) is 3. The van der Waals surface area contributed by atoms with Crippen molar-refractivity contribution in [1.82, 2.24) is 4.90 Å². The van der Waals surface area contributed by atoms with Gasteiger partial charge in [-0.1, -0.05) is 54.1 Å². The number of imide groups is 3. The topological polar surface area (TPSA) is 124 Å². The number of methoxy groups -OCH3 is 1. The Kier molecular flexibility index (Phi) is 7.90. The van der Waals surface area contributed by atoms with Crippen LogP contribution in [-0.4, -0.2) is 57.9 Å². The largest absolute Gasteiger partial charge is 0.507 e. The van der Waals surface area contributed by atoms with Crippen molar-refractivity contribution in [2.75, 3.05) is 13.7 Å². The number of likely N-dealkylation sites (tertiary alicyclic amines) is 1. The molecule has 8 nitrogen and oxygen atoms in total. The number of aliphatic hydroxyl groups excluding tert-OH is 2. The van der Waals surface area contributed by atoms with Crippen LogP contribution in [0, 0.1) is 17.8 Å². The number of aromatic hydroxyl groups is 1. The standard InChI is InChI=1S/C29H31NO7/c1-17-14-21-26(28(35)30(27(21)34)29(36)37-2)22(16-31)25(17)24(33)13-12-19(18-8-4-3-5-9-18)15-20-10-6-7-11-23(20)32/h3-11,15,21-22,24,26,31-33H,12-14,16H2,1-2H3/b19-15-/t21-,22+,24-,26-/m1/s1. The number of hydrogen-bond acceptors (Lipinski definition) is 7. The van der Waals surface area contributed by atoms with Crippen LogP contribution in [0.4, 0.5) is 4.79 Å². The van der Waals surface area contributed by atoms with Crippen LogP contribution in [-0.2, 0) is 14.3 Å². The number of amides is 3. The molecule has 1 saturated heterocycles. The lowest BCUT2D eigenvalue weighted by Gasteiger charge is -2.35. The summed E-state index contributed by atoms with van der Waals surface area (Å²) in [5.74, 6) is -3.70. The monoisotopic (exact) mass is 505 g/mol. The van der Waals surface area contributed by atoms with Gasteiger partial charge < -0.3 is 20.1 Å². The number of ether oxygens (including phenoxy) is 1. The van der Waals surface area contributed by atoms with E-state index in [1.54, 1.807) is 25.1 Å². The smallest absolute Gasteiger partial charge is 0.423 e. The normalized spacial score (nSPS) is 22.8. The molecule has 37 heavy (non-hydrogen) atoms. The summed E-state index contributed by atoms with van der Waals surface area (Å²) in [4.78, 5) is 38.4. The molecule has 1 aliphatic carbocycles. The fourth-order valence-electron chi connectivity index (χ4n) is 5.59. The van der Waals surface area contributed by atoms with Crippen molar-refractivity contribution in [2.24, 2.45) is 17.8 Å². The summed E-state index contributed by atoms with van der Waals surface area (Å²) >= 11 is 0. The third-order valence-corrected chi connectivity index (χ3v) is 7.34. The Balaban J connectivity index is 1.60. The van der Waals surface area contributed by atoms with Crippen LogP contribution >= 0.6 is 0 Å². The van der Waals surface area contributed by atoms with Gasteiger partial charge in [0.25, 0.3) is 0 Å². The third kappa shape index (κ3) is 5.08. The Morgan fingerprint density at radius 2 is 1.78 bits per heavy atom. The van der Waals surface area contributed by atoms with E-state index in [4.69, 9.17) is 0 Å². The molecular formula is C29H31NO7. The van der Waals surface area contributed by atoms with Gasteiger partial charge in [-0.2, -0.15) is 4.90 Å². The second-order valence-corrected chi connectivity index (χ2v) is 9.49. The van der Waals surface area contributed by atoms with Gasteiger partial charge in [0, 0.05) is 11.5 Å². The minimum absolute atomic E-state index is 0.147. The zero-order chi connectivity index (χ0) is 26.7. The summed E-state index contributed by atoms with van der Waals surface area (Å²) < 4.78 is 4.61. The van der Waals surface area contributed by atoms with Gasteiger partial charge in [-0.25, -0.2) is 4.79 Å². The van der Waals surface area contributed by atoms with Crippen molar-refractivity contribution in [3.8, 4) is 5.75 Å². The van der Waals surface area contributed by atoms with Gasteiger partial charge in [0.05, 0.1) is 31.7 Å². The molecule has 0 radical (unpaired) electrons. The van der Waals surface area contributed by atoms with Crippen molar-refractivity contribution in [2.45, 2.75) is 32.3 Å². The maximum Gasteiger partial charge on any atom is 0.423 e. The third-order valence-electron chi connectivity index (χ3n) is 7.34. The first-order valence-electron chi connectivity index (χ1n) is 12.3. The van der Waals surface area contributed by atoms with E-state index in [0.29, 0.717) is 22.5 Å². The molecule has 0 unspecified atom stereocenters. The number of benzene rings is 2. The van der Waals surface area contributed by atoms with Crippen LogP contribution in [0.25, 0.3) is 11.6 Å². The number of carbonyl (C=O) groups is 3. The SMILES string of the molecule is COC(=O)N1C(=O)[C@@H]2[C@@H](CC(C)=C([C@H](O)CC/C(=C/c3ccccc3O)c3ccccc3)[C@@H]2CO)C1=O. The lowest BCUT2D eigenvalue weighted by Crippen LogP contribution is -2.39. The molecule has 8 heteroatoms. The maximum atomic E-state index is 13.0. The Hall–Kier alpha value is -3.75. The summed E-state index contributed by atoms with van der Waals surface area (Å²) in [6.45, 7) is 1.34. The zero-order valence-electron chi connectivity index (χ0n) is 20.8. The Labute approximate surface area is 215 Å². The van der Waals surface area contributed by atoms with Gasteiger partial charge in [-0.15, -0.1) is 0 Å². The average molecular weight is 506 g/mol. The maximum absolute atomic E-state index is 13.0. The quantitative estimate of drug-likeness (QED) is 0.297. The highest BCUT2D eigenvalue weighted by Gasteiger charge is 2.56. The second-order valence-electron chi connectivity index (χ2n) is 9.49. The molecule has 2 aromatic carbocycles. The van der Waals surface area contributed by atoms with Crippen LogP contribution in [0.2, 0.25) is 0 Å². The number of aliphatic hydroxyl groups is 2. The van der Waals surface area contributed by atoms with Crippen LogP contribution < -0.4 is 0 Å². The number of fused-ring (bicyclic) bond motifs is 1. The van der Waals surface area contributed by atoms with Crippen molar-refractivity contribution < 1.29 is 34.4 Å². The zero-order valence-corrected chi connectivity index (χ0v) is 20.8. The summed E-state index contributed by atoms with van der Waals surface area (Å²) in [7, 11) is 1.10. The minimum Gasteiger partial charge on any atom is -0.507 e. The highest BCUT2D eigenvalue weighted by molar-refractivity contribution is 6.16. The van der Waals surface area contributed by atoms with Crippen LogP contribution in [0.15, 0.2) is 65.7 Å².